The van der Waals surface area contributed by atoms with Crippen LogP contribution in [0, 0.1) is 0 Å². The van der Waals surface area contributed by atoms with E-state index in [2.05, 4.69) is 10.0 Å². The lowest BCUT2D eigenvalue weighted by molar-refractivity contribution is 0.0930. The van der Waals surface area contributed by atoms with Gasteiger partial charge in [-0.1, -0.05) is 54.6 Å². The third kappa shape index (κ3) is 5.68. The topological polar surface area (TPSA) is 78.5 Å². The molecular weight excluding hydrogens is 398 g/mol. The van der Waals surface area contributed by atoms with Gasteiger partial charge in [0.2, 0.25) is 0 Å². The molecule has 3 aromatic rings. The van der Waals surface area contributed by atoms with E-state index in [1.807, 2.05) is 49.3 Å². The van der Waals surface area contributed by atoms with E-state index in [9.17, 15) is 13.2 Å². The highest BCUT2D eigenvalue weighted by Crippen LogP contribution is 2.19. The number of nitrogens with zero attached hydrogens (tertiary/aromatic N) is 1. The van der Waals surface area contributed by atoms with Crippen molar-refractivity contribution in [2.75, 3.05) is 25.4 Å². The molecule has 2 N–H and O–H groups in total. The maximum Gasteiger partial charge on any atom is 0.261 e. The number of sulfonamides is 1. The van der Waals surface area contributed by atoms with Crippen LogP contribution < -0.4 is 10.0 Å². The zero-order valence-corrected chi connectivity index (χ0v) is 17.8. The fourth-order valence-corrected chi connectivity index (χ4v) is 4.13. The molecule has 0 fully saturated rings. The Balaban J connectivity index is 1.78. The summed E-state index contributed by atoms with van der Waals surface area (Å²) < 4.78 is 27.6. The first-order valence-corrected chi connectivity index (χ1v) is 11.0. The summed E-state index contributed by atoms with van der Waals surface area (Å²) in [5.41, 5.74) is 1.71. The average molecular weight is 424 g/mol. The molecule has 1 amide bonds. The molecule has 0 unspecified atom stereocenters. The van der Waals surface area contributed by atoms with Gasteiger partial charge in [0.1, 0.15) is 0 Å². The Morgan fingerprint density at radius 3 is 2.17 bits per heavy atom. The molecule has 6 nitrogen and oxygen atoms in total. The molecule has 0 aliphatic rings. The third-order valence-electron chi connectivity index (χ3n) is 4.49. The van der Waals surface area contributed by atoms with Crippen molar-refractivity contribution < 1.29 is 13.2 Å². The number of hydrogen-bond acceptors (Lipinski definition) is 4. The second kappa shape index (κ2) is 9.56. The number of nitrogens with one attached hydrogen (secondary N) is 2. The summed E-state index contributed by atoms with van der Waals surface area (Å²) >= 11 is 0. The van der Waals surface area contributed by atoms with Crippen LogP contribution in [0.3, 0.4) is 0 Å². The molecule has 0 bridgehead atoms. The number of likely N-dealkylation sites (N-methyl/N-ethyl adjacent to an activating group) is 1. The number of carbonyl (C=O) groups is 1. The number of hydrogen-bond donors (Lipinski definition) is 2. The molecule has 0 aliphatic heterocycles. The number of rotatable bonds is 8. The summed E-state index contributed by atoms with van der Waals surface area (Å²) in [4.78, 5) is 15.1. The van der Waals surface area contributed by atoms with Crippen LogP contribution in [0.25, 0.3) is 0 Å². The molecule has 0 saturated carbocycles. The molecule has 0 aromatic heterocycles. The summed E-state index contributed by atoms with van der Waals surface area (Å²) in [6, 6.07) is 24.1. The van der Waals surface area contributed by atoms with Gasteiger partial charge in [0.05, 0.1) is 10.9 Å². The van der Waals surface area contributed by atoms with E-state index in [1.165, 1.54) is 18.2 Å². The summed E-state index contributed by atoms with van der Waals surface area (Å²) in [6.07, 6.45) is 0. The Kier molecular flexibility index (Phi) is 6.87. The molecular formula is C23H25N3O3S. The molecule has 3 rings (SSSR count). The largest absolute Gasteiger partial charge is 0.344 e. The van der Waals surface area contributed by atoms with Gasteiger partial charge in [-0.3, -0.25) is 9.52 Å². The minimum atomic E-state index is -3.73. The molecule has 0 radical (unpaired) electrons. The van der Waals surface area contributed by atoms with Gasteiger partial charge in [0.15, 0.2) is 0 Å². The van der Waals surface area contributed by atoms with Crippen molar-refractivity contribution in [3.05, 3.63) is 96.1 Å². The lowest BCUT2D eigenvalue weighted by Crippen LogP contribution is -2.35. The van der Waals surface area contributed by atoms with E-state index in [1.54, 1.807) is 36.4 Å². The molecule has 0 spiro atoms. The fourth-order valence-electron chi connectivity index (χ4n) is 3.06. The first-order valence-electron chi connectivity index (χ1n) is 9.53. The van der Waals surface area contributed by atoms with E-state index in [0.717, 1.165) is 5.56 Å². The number of carbonyl (C=O) groups excluding carboxylic acids is 1. The molecule has 0 heterocycles. The standard InChI is InChI=1S/C23H25N3O3S/c1-26(2)17-22(18-10-5-3-6-11-18)24-23(27)19-12-9-13-20(16-19)25-30(28,29)21-14-7-4-8-15-21/h3-16,22,25H,17H2,1-2H3,(H,24,27)/t22-/m0/s1. The van der Waals surface area contributed by atoms with Gasteiger partial charge in [-0.2, -0.15) is 0 Å². The predicted molar refractivity (Wildman–Crippen MR) is 119 cm³/mol. The van der Waals surface area contributed by atoms with Crippen molar-refractivity contribution in [2.45, 2.75) is 10.9 Å². The van der Waals surface area contributed by atoms with Crippen LogP contribution in [0.5, 0.6) is 0 Å². The normalized spacial score (nSPS) is 12.4. The molecule has 156 valence electrons. The monoisotopic (exact) mass is 423 g/mol. The zero-order chi connectivity index (χ0) is 21.6. The van der Waals surface area contributed by atoms with Crippen molar-refractivity contribution in [1.29, 1.82) is 0 Å². The van der Waals surface area contributed by atoms with Crippen LogP contribution in [0.1, 0.15) is 22.0 Å². The van der Waals surface area contributed by atoms with Gasteiger partial charge < -0.3 is 10.2 Å². The summed E-state index contributed by atoms with van der Waals surface area (Å²) in [5, 5.41) is 3.04. The number of amides is 1. The first-order chi connectivity index (χ1) is 14.3. The van der Waals surface area contributed by atoms with Gasteiger partial charge in [0, 0.05) is 17.8 Å². The van der Waals surface area contributed by atoms with Crippen molar-refractivity contribution in [1.82, 2.24) is 10.2 Å². The van der Waals surface area contributed by atoms with E-state index in [-0.39, 0.29) is 16.8 Å². The second-order valence-corrected chi connectivity index (χ2v) is 8.88. The Labute approximate surface area is 177 Å². The van der Waals surface area contributed by atoms with Crippen LogP contribution in [0.2, 0.25) is 0 Å². The maximum absolute atomic E-state index is 12.9. The molecule has 30 heavy (non-hydrogen) atoms. The zero-order valence-electron chi connectivity index (χ0n) is 16.9. The Bertz CT molecular complexity index is 1080. The van der Waals surface area contributed by atoms with Crippen LogP contribution >= 0.6 is 0 Å². The van der Waals surface area contributed by atoms with Crippen LogP contribution in [-0.2, 0) is 10.0 Å². The van der Waals surface area contributed by atoms with Gasteiger partial charge in [-0.15, -0.1) is 0 Å². The highest BCUT2D eigenvalue weighted by atomic mass is 32.2. The van der Waals surface area contributed by atoms with Crippen molar-refractivity contribution in [3.8, 4) is 0 Å². The minimum Gasteiger partial charge on any atom is -0.344 e. The van der Waals surface area contributed by atoms with E-state index < -0.39 is 10.0 Å². The van der Waals surface area contributed by atoms with Crippen molar-refractivity contribution in [2.24, 2.45) is 0 Å². The van der Waals surface area contributed by atoms with Crippen molar-refractivity contribution >= 4 is 21.6 Å². The maximum atomic E-state index is 12.9. The number of benzene rings is 3. The third-order valence-corrected chi connectivity index (χ3v) is 5.88. The lowest BCUT2D eigenvalue weighted by Gasteiger charge is -2.23. The Morgan fingerprint density at radius 1 is 0.900 bits per heavy atom. The van der Waals surface area contributed by atoms with Gasteiger partial charge in [0.25, 0.3) is 15.9 Å². The summed E-state index contributed by atoms with van der Waals surface area (Å²) in [5.74, 6) is -0.272. The summed E-state index contributed by atoms with van der Waals surface area (Å²) in [7, 11) is 0.165. The Hall–Kier alpha value is -3.16. The second-order valence-electron chi connectivity index (χ2n) is 7.20. The van der Waals surface area contributed by atoms with Gasteiger partial charge >= 0.3 is 0 Å². The molecule has 3 aromatic carbocycles. The smallest absolute Gasteiger partial charge is 0.261 e. The van der Waals surface area contributed by atoms with Crippen molar-refractivity contribution in [3.63, 3.8) is 0 Å². The van der Waals surface area contributed by atoms with E-state index >= 15 is 0 Å². The molecule has 0 aliphatic carbocycles. The fraction of sp³-hybridized carbons (Fsp3) is 0.174. The van der Waals surface area contributed by atoms with E-state index in [4.69, 9.17) is 0 Å². The highest BCUT2D eigenvalue weighted by Gasteiger charge is 2.18. The SMILES string of the molecule is CN(C)C[C@H](NC(=O)c1cccc(NS(=O)(=O)c2ccccc2)c1)c1ccccc1. The average Bonchev–Trinajstić information content (AvgIpc) is 2.74. The predicted octanol–water partition coefficient (Wildman–Crippen LogP) is 3.52. The molecule has 1 atom stereocenters. The lowest BCUT2D eigenvalue weighted by atomic mass is 10.1. The molecule has 0 saturated heterocycles. The number of anilines is 1. The minimum absolute atomic E-state index is 0.162. The summed E-state index contributed by atoms with van der Waals surface area (Å²) in [6.45, 7) is 0.635. The van der Waals surface area contributed by atoms with Crippen LogP contribution in [-0.4, -0.2) is 39.9 Å². The quantitative estimate of drug-likeness (QED) is 0.581. The highest BCUT2D eigenvalue weighted by molar-refractivity contribution is 7.92. The van der Waals surface area contributed by atoms with Gasteiger partial charge in [-0.05, 0) is 50.0 Å². The Morgan fingerprint density at radius 2 is 1.53 bits per heavy atom. The molecule has 7 heteroatoms. The van der Waals surface area contributed by atoms with Gasteiger partial charge in [-0.25, -0.2) is 8.42 Å². The van der Waals surface area contributed by atoms with E-state index in [0.29, 0.717) is 17.8 Å². The first kappa shape index (κ1) is 21.5. The van der Waals surface area contributed by atoms with Crippen LogP contribution in [0.15, 0.2) is 89.8 Å². The van der Waals surface area contributed by atoms with Crippen LogP contribution in [0.4, 0.5) is 5.69 Å².